The third-order valence-electron chi connectivity index (χ3n) is 4.91. The molecule has 1 aromatic carbocycles. The second kappa shape index (κ2) is 7.67. The van der Waals surface area contributed by atoms with Gasteiger partial charge in [-0.3, -0.25) is 14.9 Å². The molecule has 1 aliphatic rings. The fourth-order valence-electron chi connectivity index (χ4n) is 3.64. The molecule has 1 fully saturated rings. The molecule has 0 radical (unpaired) electrons. The molecule has 138 valence electrons. The van der Waals surface area contributed by atoms with E-state index in [1.807, 2.05) is 24.7 Å². The quantitative estimate of drug-likeness (QED) is 0.724. The van der Waals surface area contributed by atoms with E-state index in [2.05, 4.69) is 20.0 Å². The maximum absolute atomic E-state index is 11.4. The number of nitrogens with zero attached hydrogens (tertiary/aromatic N) is 5. The molecule has 0 aliphatic carbocycles. The van der Waals surface area contributed by atoms with Gasteiger partial charge in [-0.1, -0.05) is 12.1 Å². The van der Waals surface area contributed by atoms with Crippen molar-refractivity contribution in [1.29, 1.82) is 0 Å². The van der Waals surface area contributed by atoms with Gasteiger partial charge in [0.15, 0.2) is 0 Å². The minimum absolute atomic E-state index is 0.248. The van der Waals surface area contributed by atoms with E-state index in [0.29, 0.717) is 11.6 Å². The fourth-order valence-corrected chi connectivity index (χ4v) is 3.64. The Balaban J connectivity index is 1.40. The molecule has 1 saturated heterocycles. The second-order valence-corrected chi connectivity index (χ2v) is 6.91. The van der Waals surface area contributed by atoms with Gasteiger partial charge < -0.3 is 5.11 Å². The number of hydrogen-bond acceptors (Lipinski definition) is 5. The molecule has 3 aromatic rings. The molecule has 7 nitrogen and oxygen atoms in total. The number of aromatic nitrogens is 4. The van der Waals surface area contributed by atoms with E-state index in [1.165, 1.54) is 0 Å². The average Bonchev–Trinajstić information content (AvgIpc) is 3.32. The third-order valence-corrected chi connectivity index (χ3v) is 4.91. The van der Waals surface area contributed by atoms with Gasteiger partial charge in [0.2, 0.25) is 0 Å². The molecule has 0 bridgehead atoms. The summed E-state index contributed by atoms with van der Waals surface area (Å²) in [5, 5.41) is 13.7. The van der Waals surface area contributed by atoms with E-state index in [4.69, 9.17) is 0 Å². The lowest BCUT2D eigenvalue weighted by Crippen LogP contribution is -2.20. The van der Waals surface area contributed by atoms with Crippen molar-refractivity contribution in [2.75, 3.05) is 13.1 Å². The van der Waals surface area contributed by atoms with Crippen LogP contribution in [0.15, 0.2) is 55.2 Å². The highest BCUT2D eigenvalue weighted by Gasteiger charge is 2.23. The van der Waals surface area contributed by atoms with E-state index >= 15 is 0 Å². The predicted molar refractivity (Wildman–Crippen MR) is 99.6 cm³/mol. The van der Waals surface area contributed by atoms with Crippen molar-refractivity contribution in [3.8, 4) is 5.69 Å². The Labute approximate surface area is 157 Å². The predicted octanol–water partition coefficient (Wildman–Crippen LogP) is 2.43. The Hall–Kier alpha value is -3.06. The smallest absolute Gasteiger partial charge is 0.337 e. The Bertz CT molecular complexity index is 925. The van der Waals surface area contributed by atoms with Crippen molar-refractivity contribution in [3.63, 3.8) is 0 Å². The summed E-state index contributed by atoms with van der Waals surface area (Å²) in [6, 6.07) is 6.91. The molecule has 2 aromatic heterocycles. The van der Waals surface area contributed by atoms with Crippen LogP contribution >= 0.6 is 0 Å². The van der Waals surface area contributed by atoms with Gasteiger partial charge >= 0.3 is 5.97 Å². The molecule has 3 heterocycles. The number of carbonyl (C=O) groups is 1. The van der Waals surface area contributed by atoms with Crippen LogP contribution in [-0.4, -0.2) is 48.8 Å². The standard InChI is InChI=1S/C20H21N5O2/c26-20(27)18-3-1-2-4-19(18)25-14-16(10-23-25)13-24-8-5-15(12-24)9-17-11-21-6-7-22-17/h1-4,6-7,10-11,14-15H,5,8-9,12-13H2,(H,26,27)/t15-/m0/s1. The Kier molecular flexibility index (Phi) is 4.93. The molecule has 4 rings (SSSR count). The molecule has 27 heavy (non-hydrogen) atoms. The van der Waals surface area contributed by atoms with Crippen LogP contribution in [0.4, 0.5) is 0 Å². The summed E-state index contributed by atoms with van der Waals surface area (Å²) in [6.45, 7) is 2.88. The monoisotopic (exact) mass is 363 g/mol. The van der Waals surface area contributed by atoms with Crippen LogP contribution in [0.2, 0.25) is 0 Å². The lowest BCUT2D eigenvalue weighted by atomic mass is 10.0. The number of likely N-dealkylation sites (tertiary alicyclic amines) is 1. The first-order valence-corrected chi connectivity index (χ1v) is 9.02. The molecule has 0 spiro atoms. The largest absolute Gasteiger partial charge is 0.478 e. The Morgan fingerprint density at radius 3 is 2.93 bits per heavy atom. The van der Waals surface area contributed by atoms with Crippen LogP contribution in [0, 0.1) is 5.92 Å². The first kappa shape index (κ1) is 17.4. The number of rotatable bonds is 6. The number of hydrogen-bond donors (Lipinski definition) is 1. The van der Waals surface area contributed by atoms with Crippen molar-refractivity contribution in [2.24, 2.45) is 5.92 Å². The van der Waals surface area contributed by atoms with Crippen molar-refractivity contribution >= 4 is 5.97 Å². The van der Waals surface area contributed by atoms with Gasteiger partial charge in [-0.2, -0.15) is 5.10 Å². The zero-order valence-electron chi connectivity index (χ0n) is 14.9. The first-order chi connectivity index (χ1) is 13.2. The first-order valence-electron chi connectivity index (χ1n) is 9.02. The van der Waals surface area contributed by atoms with Crippen LogP contribution in [0.1, 0.15) is 28.0 Å². The Morgan fingerprint density at radius 1 is 1.22 bits per heavy atom. The van der Waals surface area contributed by atoms with E-state index in [0.717, 1.165) is 43.7 Å². The van der Waals surface area contributed by atoms with E-state index in [1.54, 1.807) is 35.3 Å². The van der Waals surface area contributed by atoms with Gasteiger partial charge in [0.05, 0.1) is 23.1 Å². The number of aromatic carboxylic acids is 1. The summed E-state index contributed by atoms with van der Waals surface area (Å²) in [5.41, 5.74) is 2.95. The summed E-state index contributed by atoms with van der Waals surface area (Å²) in [7, 11) is 0. The minimum atomic E-state index is -0.950. The maximum atomic E-state index is 11.4. The topological polar surface area (TPSA) is 84.1 Å². The number of carboxylic acids is 1. The van der Waals surface area contributed by atoms with Crippen molar-refractivity contribution in [2.45, 2.75) is 19.4 Å². The van der Waals surface area contributed by atoms with Crippen LogP contribution in [0.3, 0.4) is 0 Å². The second-order valence-electron chi connectivity index (χ2n) is 6.91. The fraction of sp³-hybridized carbons (Fsp3) is 0.300. The van der Waals surface area contributed by atoms with E-state index in [9.17, 15) is 9.90 Å². The van der Waals surface area contributed by atoms with Crippen molar-refractivity contribution in [1.82, 2.24) is 24.6 Å². The normalized spacial score (nSPS) is 17.3. The number of benzene rings is 1. The van der Waals surface area contributed by atoms with Crippen molar-refractivity contribution in [3.05, 3.63) is 72.1 Å². The number of carboxylic acid groups (broad SMARTS) is 1. The van der Waals surface area contributed by atoms with Crippen LogP contribution in [0.5, 0.6) is 0 Å². The molecular formula is C20H21N5O2. The Morgan fingerprint density at radius 2 is 2.11 bits per heavy atom. The molecule has 1 aliphatic heterocycles. The van der Waals surface area contributed by atoms with Gasteiger partial charge in [-0.25, -0.2) is 9.48 Å². The zero-order valence-corrected chi connectivity index (χ0v) is 14.9. The molecule has 0 unspecified atom stereocenters. The highest BCUT2D eigenvalue weighted by Crippen LogP contribution is 2.22. The van der Waals surface area contributed by atoms with Crippen LogP contribution in [-0.2, 0) is 13.0 Å². The van der Waals surface area contributed by atoms with Gasteiger partial charge in [0.25, 0.3) is 0 Å². The van der Waals surface area contributed by atoms with Crippen molar-refractivity contribution < 1.29 is 9.90 Å². The van der Waals surface area contributed by atoms with Gasteiger partial charge in [-0.05, 0) is 37.4 Å². The van der Waals surface area contributed by atoms with Gasteiger partial charge in [-0.15, -0.1) is 0 Å². The van der Waals surface area contributed by atoms with Gasteiger partial charge in [0.1, 0.15) is 0 Å². The lowest BCUT2D eigenvalue weighted by Gasteiger charge is -2.14. The van der Waals surface area contributed by atoms with E-state index in [-0.39, 0.29) is 5.56 Å². The molecule has 1 atom stereocenters. The lowest BCUT2D eigenvalue weighted by molar-refractivity contribution is 0.0696. The zero-order chi connectivity index (χ0) is 18.6. The summed E-state index contributed by atoms with van der Waals surface area (Å²) >= 11 is 0. The molecule has 7 heteroatoms. The average molecular weight is 363 g/mol. The summed E-state index contributed by atoms with van der Waals surface area (Å²) < 4.78 is 1.64. The molecule has 0 saturated carbocycles. The minimum Gasteiger partial charge on any atom is -0.478 e. The summed E-state index contributed by atoms with van der Waals surface area (Å²) in [5.74, 6) is -0.362. The molecule has 0 amide bonds. The molecular weight excluding hydrogens is 342 g/mol. The highest BCUT2D eigenvalue weighted by molar-refractivity contribution is 5.91. The summed E-state index contributed by atoms with van der Waals surface area (Å²) in [4.78, 5) is 22.3. The highest BCUT2D eigenvalue weighted by atomic mass is 16.4. The third kappa shape index (κ3) is 4.03. The van der Waals surface area contributed by atoms with Crippen LogP contribution < -0.4 is 0 Å². The summed E-state index contributed by atoms with van der Waals surface area (Å²) in [6.07, 6.45) is 11.1. The van der Waals surface area contributed by atoms with E-state index < -0.39 is 5.97 Å². The SMILES string of the molecule is O=C(O)c1ccccc1-n1cc(CN2CC[C@@H](Cc3cnccn3)C2)cn1. The van der Waals surface area contributed by atoms with Crippen LogP contribution in [0.25, 0.3) is 5.69 Å². The van der Waals surface area contributed by atoms with Gasteiger partial charge in [0, 0.05) is 43.4 Å². The number of para-hydroxylation sites is 1. The molecule has 1 N–H and O–H groups in total. The maximum Gasteiger partial charge on any atom is 0.337 e.